The Morgan fingerprint density at radius 3 is 2.61 bits per heavy atom. The summed E-state index contributed by atoms with van der Waals surface area (Å²) in [6.07, 6.45) is 1.02. The lowest BCUT2D eigenvalue weighted by Gasteiger charge is -2.34. The number of hydrogen-bond donors (Lipinski definition) is 0. The van der Waals surface area contributed by atoms with Gasteiger partial charge in [0.15, 0.2) is 0 Å². The van der Waals surface area contributed by atoms with Crippen molar-refractivity contribution in [1.29, 1.82) is 0 Å². The van der Waals surface area contributed by atoms with Gasteiger partial charge in [-0.2, -0.15) is 4.98 Å². The first-order valence-corrected chi connectivity index (χ1v) is 11.6. The molecule has 7 nitrogen and oxygen atoms in total. The van der Waals surface area contributed by atoms with E-state index in [4.69, 9.17) is 9.26 Å². The molecule has 8 heteroatoms. The molecule has 0 atom stereocenters. The molecule has 3 aromatic rings. The Balaban J connectivity index is 1.25. The summed E-state index contributed by atoms with van der Waals surface area (Å²) in [5.41, 5.74) is 0.696. The van der Waals surface area contributed by atoms with E-state index in [0.29, 0.717) is 49.4 Å². The zero-order valence-corrected chi connectivity index (χ0v) is 18.8. The van der Waals surface area contributed by atoms with Crippen LogP contribution in [0.3, 0.4) is 0 Å². The van der Waals surface area contributed by atoms with Gasteiger partial charge in [-0.25, -0.2) is 0 Å². The number of aromatic nitrogens is 2. The van der Waals surface area contributed by atoms with Crippen molar-refractivity contribution >= 4 is 17.2 Å². The van der Waals surface area contributed by atoms with Crippen molar-refractivity contribution in [3.05, 3.63) is 53.2 Å². The Morgan fingerprint density at radius 2 is 1.94 bits per heavy atom. The third kappa shape index (κ3) is 5.71. The predicted octanol–water partition coefficient (Wildman–Crippen LogP) is 4.18. The van der Waals surface area contributed by atoms with Gasteiger partial charge in [-0.15, -0.1) is 11.3 Å². The highest BCUT2D eigenvalue weighted by atomic mass is 32.1. The Labute approximate surface area is 186 Å². The van der Waals surface area contributed by atoms with Gasteiger partial charge >= 0.3 is 0 Å². The van der Waals surface area contributed by atoms with E-state index in [-0.39, 0.29) is 5.91 Å². The molecule has 4 rings (SSSR count). The number of thiophene rings is 1. The van der Waals surface area contributed by atoms with Crippen molar-refractivity contribution in [3.8, 4) is 16.5 Å². The molecule has 1 aromatic carbocycles. The highest BCUT2D eigenvalue weighted by Gasteiger charge is 2.23. The first-order valence-electron chi connectivity index (χ1n) is 10.7. The third-order valence-electron chi connectivity index (χ3n) is 5.29. The van der Waals surface area contributed by atoms with Crippen LogP contribution in [0, 0.1) is 5.92 Å². The number of nitrogens with zero attached hydrogens (tertiary/aromatic N) is 4. The van der Waals surface area contributed by atoms with Gasteiger partial charge in [-0.05, 0) is 48.1 Å². The Hall–Kier alpha value is -2.71. The molecule has 164 valence electrons. The molecule has 3 heterocycles. The van der Waals surface area contributed by atoms with E-state index < -0.39 is 0 Å². The molecular weight excluding hydrogens is 412 g/mol. The normalized spacial score (nSPS) is 14.9. The molecule has 2 aromatic heterocycles. The summed E-state index contributed by atoms with van der Waals surface area (Å²) in [4.78, 5) is 22.5. The summed E-state index contributed by atoms with van der Waals surface area (Å²) in [6.45, 7) is 8.56. The third-order valence-corrected chi connectivity index (χ3v) is 6.16. The van der Waals surface area contributed by atoms with Crippen molar-refractivity contribution < 1.29 is 14.1 Å². The van der Waals surface area contributed by atoms with Crippen molar-refractivity contribution in [2.45, 2.75) is 26.8 Å². The lowest BCUT2D eigenvalue weighted by atomic mass is 10.1. The van der Waals surface area contributed by atoms with Crippen LogP contribution in [0.25, 0.3) is 10.7 Å². The van der Waals surface area contributed by atoms with E-state index >= 15 is 0 Å². The van der Waals surface area contributed by atoms with Gasteiger partial charge in [0.05, 0.1) is 18.0 Å². The maximum atomic E-state index is 12.8. The van der Waals surface area contributed by atoms with Crippen LogP contribution in [0.2, 0.25) is 0 Å². The summed E-state index contributed by atoms with van der Waals surface area (Å²) in [6, 6.07) is 11.4. The monoisotopic (exact) mass is 440 g/mol. The zero-order chi connectivity index (χ0) is 21.6. The molecule has 1 aliphatic rings. The van der Waals surface area contributed by atoms with Crippen LogP contribution in [-0.4, -0.2) is 58.6 Å². The smallest absolute Gasteiger partial charge is 0.253 e. The minimum absolute atomic E-state index is 0.0613. The average Bonchev–Trinajstić information content (AvgIpc) is 3.46. The van der Waals surface area contributed by atoms with Gasteiger partial charge in [0.25, 0.3) is 5.91 Å². The van der Waals surface area contributed by atoms with Crippen LogP contribution in [0.5, 0.6) is 5.75 Å². The largest absolute Gasteiger partial charge is 0.494 e. The highest BCUT2D eigenvalue weighted by Crippen LogP contribution is 2.22. The zero-order valence-electron chi connectivity index (χ0n) is 18.0. The molecule has 0 bridgehead atoms. The Bertz CT molecular complexity index is 961. The minimum atomic E-state index is 0.0613. The average molecular weight is 441 g/mol. The lowest BCUT2D eigenvalue weighted by molar-refractivity contribution is 0.0615. The quantitative estimate of drug-likeness (QED) is 0.523. The van der Waals surface area contributed by atoms with E-state index in [2.05, 4.69) is 28.9 Å². The molecule has 0 unspecified atom stereocenters. The maximum Gasteiger partial charge on any atom is 0.253 e. The summed E-state index contributed by atoms with van der Waals surface area (Å²) < 4.78 is 11.1. The summed E-state index contributed by atoms with van der Waals surface area (Å²) in [5.74, 6) is 2.73. The molecule has 1 fully saturated rings. The van der Waals surface area contributed by atoms with Crippen LogP contribution in [0.15, 0.2) is 46.3 Å². The fourth-order valence-electron chi connectivity index (χ4n) is 3.41. The van der Waals surface area contributed by atoms with Crippen molar-refractivity contribution in [3.63, 3.8) is 0 Å². The lowest BCUT2D eigenvalue weighted by Crippen LogP contribution is -2.48. The molecule has 1 saturated heterocycles. The van der Waals surface area contributed by atoms with Gasteiger partial charge < -0.3 is 14.2 Å². The van der Waals surface area contributed by atoms with E-state index in [1.54, 1.807) is 11.3 Å². The molecule has 0 aliphatic carbocycles. The van der Waals surface area contributed by atoms with Gasteiger partial charge in [-0.3, -0.25) is 9.69 Å². The highest BCUT2D eigenvalue weighted by molar-refractivity contribution is 7.13. The number of rotatable bonds is 8. The van der Waals surface area contributed by atoms with Crippen molar-refractivity contribution in [2.75, 3.05) is 32.8 Å². The Morgan fingerprint density at radius 1 is 1.16 bits per heavy atom. The van der Waals surface area contributed by atoms with Crippen LogP contribution < -0.4 is 4.74 Å². The number of piperazine rings is 1. The SMILES string of the molecule is CC(C)CCOc1ccc(C(=O)N2CCN(Cc3nc(-c4cccs4)no3)CC2)cc1. The first-order chi connectivity index (χ1) is 15.1. The van der Waals surface area contributed by atoms with Crippen LogP contribution >= 0.6 is 11.3 Å². The van der Waals surface area contributed by atoms with Gasteiger partial charge in [0.1, 0.15) is 5.75 Å². The van der Waals surface area contributed by atoms with Crippen molar-refractivity contribution in [1.82, 2.24) is 19.9 Å². The minimum Gasteiger partial charge on any atom is -0.494 e. The number of ether oxygens (including phenoxy) is 1. The van der Waals surface area contributed by atoms with Gasteiger partial charge in [-0.1, -0.05) is 25.1 Å². The molecule has 0 spiro atoms. The molecule has 0 N–H and O–H groups in total. The molecule has 1 aliphatic heterocycles. The summed E-state index contributed by atoms with van der Waals surface area (Å²) in [5, 5.41) is 6.06. The second-order valence-electron chi connectivity index (χ2n) is 8.11. The summed E-state index contributed by atoms with van der Waals surface area (Å²) in [7, 11) is 0. The van der Waals surface area contributed by atoms with E-state index in [1.807, 2.05) is 46.7 Å². The van der Waals surface area contributed by atoms with Gasteiger partial charge in [0.2, 0.25) is 11.7 Å². The summed E-state index contributed by atoms with van der Waals surface area (Å²) >= 11 is 1.59. The fraction of sp³-hybridized carbons (Fsp3) is 0.435. The Kier molecular flexibility index (Phi) is 6.99. The van der Waals surface area contributed by atoms with E-state index in [0.717, 1.165) is 30.1 Å². The first kappa shape index (κ1) is 21.5. The second kappa shape index (κ2) is 10.1. The molecule has 0 radical (unpaired) electrons. The predicted molar refractivity (Wildman–Crippen MR) is 120 cm³/mol. The van der Waals surface area contributed by atoms with Crippen LogP contribution in [0.1, 0.15) is 36.5 Å². The van der Waals surface area contributed by atoms with Gasteiger partial charge in [0, 0.05) is 31.7 Å². The molecule has 0 saturated carbocycles. The fourth-order valence-corrected chi connectivity index (χ4v) is 4.06. The van der Waals surface area contributed by atoms with E-state index in [9.17, 15) is 4.79 Å². The molecule has 1 amide bonds. The topological polar surface area (TPSA) is 71.7 Å². The van der Waals surface area contributed by atoms with Crippen molar-refractivity contribution in [2.24, 2.45) is 5.92 Å². The number of carbonyl (C=O) groups excluding carboxylic acids is 1. The number of amides is 1. The number of benzene rings is 1. The number of carbonyl (C=O) groups is 1. The standard InChI is InChI=1S/C23H28N4O3S/c1-17(2)9-14-29-19-7-5-18(6-8-19)23(28)27-12-10-26(11-13-27)16-21-24-22(25-30-21)20-4-3-15-31-20/h3-8,15,17H,9-14,16H2,1-2H3. The second-order valence-corrected chi connectivity index (χ2v) is 9.06. The van der Waals surface area contributed by atoms with Crippen LogP contribution in [-0.2, 0) is 6.54 Å². The molecular formula is C23H28N4O3S. The van der Waals surface area contributed by atoms with Crippen LogP contribution in [0.4, 0.5) is 0 Å². The molecule has 31 heavy (non-hydrogen) atoms. The number of hydrogen-bond acceptors (Lipinski definition) is 7. The van der Waals surface area contributed by atoms with E-state index in [1.165, 1.54) is 0 Å². The maximum absolute atomic E-state index is 12.8.